The van der Waals surface area contributed by atoms with Crippen LogP contribution in [0.4, 0.5) is 11.4 Å². The first kappa shape index (κ1) is 20.6. The summed E-state index contributed by atoms with van der Waals surface area (Å²) >= 11 is 0. The number of nitrogens with one attached hydrogen (secondary N) is 1. The third-order valence-electron chi connectivity index (χ3n) is 5.28. The number of hydrogen-bond donors (Lipinski definition) is 1. The number of esters is 1. The number of nitrogens with zero attached hydrogens (tertiary/aromatic N) is 2. The van der Waals surface area contributed by atoms with Crippen molar-refractivity contribution in [3.8, 4) is 0 Å². The highest BCUT2D eigenvalue weighted by Gasteiger charge is 2.39. The second-order valence-electron chi connectivity index (χ2n) is 7.39. The quantitative estimate of drug-likeness (QED) is 0.461. The van der Waals surface area contributed by atoms with Gasteiger partial charge >= 0.3 is 5.97 Å². The fourth-order valence-corrected chi connectivity index (χ4v) is 4.04. The van der Waals surface area contributed by atoms with Gasteiger partial charge in [0, 0.05) is 49.5 Å². The van der Waals surface area contributed by atoms with Crippen molar-refractivity contribution >= 4 is 23.1 Å². The number of Topliss-reactive ketones (excluding diaryl/α,β-unsaturated/α-hetero) is 1. The number of nitro groups is 1. The Morgan fingerprint density at radius 2 is 2.07 bits per heavy atom. The van der Waals surface area contributed by atoms with E-state index in [1.54, 1.807) is 45.0 Å². The zero-order valence-electron chi connectivity index (χ0n) is 17.1. The molecule has 29 heavy (non-hydrogen) atoms. The Labute approximate surface area is 169 Å². The summed E-state index contributed by atoms with van der Waals surface area (Å²) in [5.41, 5.74) is 3.16. The zero-order chi connectivity index (χ0) is 21.3. The number of ether oxygens (including phenoxy) is 1. The van der Waals surface area contributed by atoms with Crippen LogP contribution in [0.25, 0.3) is 0 Å². The fourth-order valence-electron chi connectivity index (χ4n) is 4.04. The lowest BCUT2D eigenvalue weighted by atomic mass is 9.75. The molecule has 3 rings (SSSR count). The van der Waals surface area contributed by atoms with Crippen LogP contribution in [0.1, 0.15) is 44.6 Å². The molecule has 154 valence electrons. The van der Waals surface area contributed by atoms with E-state index in [-0.39, 0.29) is 18.1 Å². The number of rotatable bonds is 5. The maximum Gasteiger partial charge on any atom is 0.336 e. The molecule has 1 N–H and O–H groups in total. The van der Waals surface area contributed by atoms with Gasteiger partial charge in [0.15, 0.2) is 5.78 Å². The van der Waals surface area contributed by atoms with Crippen LogP contribution in [-0.4, -0.2) is 37.4 Å². The van der Waals surface area contributed by atoms with Crippen LogP contribution < -0.4 is 10.2 Å². The SMILES string of the molecule is CCOC(=O)C1=C(C)NC2=C(C(=O)CCC2)[C@H]1c1ccc(N(C)C)c([N+](=O)[O-])c1. The number of carbonyl (C=O) groups excluding carboxylic acids is 2. The lowest BCUT2D eigenvalue weighted by molar-refractivity contribution is -0.384. The molecular weight excluding hydrogens is 374 g/mol. The molecule has 1 aliphatic carbocycles. The Kier molecular flexibility index (Phi) is 5.72. The van der Waals surface area contributed by atoms with E-state index in [0.717, 1.165) is 12.1 Å². The summed E-state index contributed by atoms with van der Waals surface area (Å²) in [4.78, 5) is 38.5. The minimum Gasteiger partial charge on any atom is -0.463 e. The first-order chi connectivity index (χ1) is 13.8. The smallest absolute Gasteiger partial charge is 0.336 e. The fraction of sp³-hybridized carbons (Fsp3) is 0.429. The maximum absolute atomic E-state index is 12.8. The summed E-state index contributed by atoms with van der Waals surface area (Å²) in [6, 6.07) is 4.86. The highest BCUT2D eigenvalue weighted by Crippen LogP contribution is 2.44. The van der Waals surface area contributed by atoms with Gasteiger partial charge in [0.1, 0.15) is 5.69 Å². The van der Waals surface area contributed by atoms with Gasteiger partial charge in [0.25, 0.3) is 5.69 Å². The first-order valence-electron chi connectivity index (χ1n) is 9.63. The monoisotopic (exact) mass is 399 g/mol. The van der Waals surface area contributed by atoms with Crippen LogP contribution in [0.5, 0.6) is 0 Å². The third kappa shape index (κ3) is 3.74. The molecule has 1 heterocycles. The number of anilines is 1. The van der Waals surface area contributed by atoms with Crippen molar-refractivity contribution in [1.29, 1.82) is 0 Å². The average molecular weight is 399 g/mol. The molecule has 1 aromatic rings. The minimum atomic E-state index is -0.687. The molecular formula is C21H25N3O5. The van der Waals surface area contributed by atoms with Crippen molar-refractivity contribution in [2.75, 3.05) is 25.6 Å². The predicted molar refractivity (Wildman–Crippen MR) is 109 cm³/mol. The van der Waals surface area contributed by atoms with E-state index in [1.165, 1.54) is 6.07 Å². The molecule has 8 heteroatoms. The van der Waals surface area contributed by atoms with Crippen LogP contribution in [-0.2, 0) is 14.3 Å². The van der Waals surface area contributed by atoms with Gasteiger partial charge in [-0.25, -0.2) is 4.79 Å². The zero-order valence-corrected chi connectivity index (χ0v) is 17.1. The van der Waals surface area contributed by atoms with Gasteiger partial charge < -0.3 is 15.0 Å². The van der Waals surface area contributed by atoms with E-state index in [0.29, 0.717) is 40.9 Å². The molecule has 0 aromatic heterocycles. The standard InChI is InChI=1S/C21H25N3O5/c1-5-29-21(26)18-12(2)22-14-7-6-8-17(25)20(14)19(18)13-9-10-15(23(3)4)16(11-13)24(27)28/h9-11,19,22H,5-8H2,1-4H3/t19-/m0/s1. The molecule has 8 nitrogen and oxygen atoms in total. The van der Waals surface area contributed by atoms with E-state index >= 15 is 0 Å². The Morgan fingerprint density at radius 1 is 1.34 bits per heavy atom. The van der Waals surface area contributed by atoms with Gasteiger partial charge in [0.05, 0.1) is 17.1 Å². The average Bonchev–Trinajstić information content (AvgIpc) is 2.66. The number of nitro benzene ring substituents is 1. The molecule has 0 bridgehead atoms. The Balaban J connectivity index is 2.22. The topological polar surface area (TPSA) is 102 Å². The highest BCUT2D eigenvalue weighted by molar-refractivity contribution is 6.03. The highest BCUT2D eigenvalue weighted by atomic mass is 16.6. The lowest BCUT2D eigenvalue weighted by Crippen LogP contribution is -2.34. The Bertz CT molecular complexity index is 946. The van der Waals surface area contributed by atoms with Gasteiger partial charge in [-0.05, 0) is 38.3 Å². The van der Waals surface area contributed by atoms with E-state index in [4.69, 9.17) is 4.74 Å². The van der Waals surface area contributed by atoms with Gasteiger partial charge in [-0.15, -0.1) is 0 Å². The van der Waals surface area contributed by atoms with E-state index in [2.05, 4.69) is 5.32 Å². The van der Waals surface area contributed by atoms with E-state index in [1.807, 2.05) is 0 Å². The molecule has 0 fully saturated rings. The number of benzene rings is 1. The first-order valence-corrected chi connectivity index (χ1v) is 9.63. The number of dihydropyridines is 1. The van der Waals surface area contributed by atoms with Crippen LogP contribution in [0.15, 0.2) is 40.7 Å². The molecule has 0 radical (unpaired) electrons. The number of carbonyl (C=O) groups is 2. The van der Waals surface area contributed by atoms with Crippen molar-refractivity contribution < 1.29 is 19.2 Å². The Hall–Kier alpha value is -3.16. The second-order valence-corrected chi connectivity index (χ2v) is 7.39. The van der Waals surface area contributed by atoms with Crippen LogP contribution in [0.3, 0.4) is 0 Å². The summed E-state index contributed by atoms with van der Waals surface area (Å²) in [6.45, 7) is 3.68. The molecule has 1 aromatic carbocycles. The minimum absolute atomic E-state index is 0.0441. The Morgan fingerprint density at radius 3 is 2.69 bits per heavy atom. The third-order valence-corrected chi connectivity index (χ3v) is 5.28. The molecule has 1 aliphatic heterocycles. The molecule has 0 amide bonds. The number of ketones is 1. The number of hydrogen-bond acceptors (Lipinski definition) is 7. The largest absolute Gasteiger partial charge is 0.463 e. The molecule has 0 spiro atoms. The van der Waals surface area contributed by atoms with Crippen molar-refractivity contribution in [2.45, 2.75) is 39.0 Å². The van der Waals surface area contributed by atoms with Crippen LogP contribution in [0.2, 0.25) is 0 Å². The number of allylic oxidation sites excluding steroid dienone is 3. The maximum atomic E-state index is 12.8. The second kappa shape index (κ2) is 8.06. The van der Waals surface area contributed by atoms with Crippen molar-refractivity contribution in [3.63, 3.8) is 0 Å². The summed E-state index contributed by atoms with van der Waals surface area (Å²) in [5, 5.41) is 14.9. The van der Waals surface area contributed by atoms with Gasteiger partial charge in [-0.3, -0.25) is 14.9 Å². The normalized spacial score (nSPS) is 18.9. The predicted octanol–water partition coefficient (Wildman–Crippen LogP) is 3.19. The molecule has 2 aliphatic rings. The van der Waals surface area contributed by atoms with Crippen LogP contribution >= 0.6 is 0 Å². The molecule has 0 unspecified atom stereocenters. The van der Waals surface area contributed by atoms with Crippen LogP contribution in [0, 0.1) is 10.1 Å². The van der Waals surface area contributed by atoms with Gasteiger partial charge in [-0.2, -0.15) is 0 Å². The summed E-state index contributed by atoms with van der Waals surface area (Å²) < 4.78 is 5.25. The summed E-state index contributed by atoms with van der Waals surface area (Å²) in [6.07, 6.45) is 1.83. The lowest BCUT2D eigenvalue weighted by Gasteiger charge is -2.34. The molecule has 1 atom stereocenters. The summed E-state index contributed by atoms with van der Waals surface area (Å²) in [7, 11) is 3.46. The van der Waals surface area contributed by atoms with Crippen molar-refractivity contribution in [2.24, 2.45) is 0 Å². The van der Waals surface area contributed by atoms with E-state index < -0.39 is 16.8 Å². The molecule has 0 saturated carbocycles. The van der Waals surface area contributed by atoms with Crippen molar-refractivity contribution in [1.82, 2.24) is 5.32 Å². The van der Waals surface area contributed by atoms with Crippen molar-refractivity contribution in [3.05, 3.63) is 56.4 Å². The van der Waals surface area contributed by atoms with Gasteiger partial charge in [0.2, 0.25) is 0 Å². The van der Waals surface area contributed by atoms with Gasteiger partial charge in [-0.1, -0.05) is 6.07 Å². The van der Waals surface area contributed by atoms with E-state index in [9.17, 15) is 19.7 Å². The summed E-state index contributed by atoms with van der Waals surface area (Å²) in [5.74, 6) is -1.25. The molecule has 0 saturated heterocycles.